The molecule has 2 heterocycles. The number of nitrogens with zero attached hydrogens (tertiary/aromatic N) is 1. The Morgan fingerprint density at radius 3 is 2.36 bits per heavy atom. The van der Waals surface area contributed by atoms with Crippen LogP contribution < -0.4 is 27.4 Å². The van der Waals surface area contributed by atoms with Gasteiger partial charge in [0, 0.05) is 35.4 Å². The average molecular weight is 601 g/mol. The van der Waals surface area contributed by atoms with Crippen molar-refractivity contribution in [2.45, 2.75) is 62.7 Å². The number of hydrogen-bond acceptors (Lipinski definition) is 8. The summed E-state index contributed by atoms with van der Waals surface area (Å²) in [5, 5.41) is 18.5. The molecule has 1 aromatic carbocycles. The topological polar surface area (TPSA) is 221 Å². The Labute approximate surface area is 248 Å². The van der Waals surface area contributed by atoms with Gasteiger partial charge in [-0.2, -0.15) is 11.8 Å². The van der Waals surface area contributed by atoms with E-state index < -0.39 is 47.9 Å². The van der Waals surface area contributed by atoms with Crippen molar-refractivity contribution in [1.82, 2.24) is 30.9 Å². The molecule has 3 aromatic rings. The SMILES string of the molecule is CSCCC(NC(=O)C(Cc1cnc[nH]1)NC(=O)C(N)Cc1c[nH]c2ccccc12)C(=O)NC(CCCCN)C(=O)O. The first-order valence-corrected chi connectivity index (χ1v) is 15.2. The van der Waals surface area contributed by atoms with Crippen molar-refractivity contribution in [2.24, 2.45) is 11.5 Å². The lowest BCUT2D eigenvalue weighted by Gasteiger charge is -2.25. The van der Waals surface area contributed by atoms with Crippen LogP contribution in [0.5, 0.6) is 0 Å². The third-order valence-corrected chi connectivity index (χ3v) is 7.51. The first-order chi connectivity index (χ1) is 20.2. The van der Waals surface area contributed by atoms with Crippen LogP contribution in [-0.2, 0) is 32.0 Å². The molecule has 0 saturated carbocycles. The lowest BCUT2D eigenvalue weighted by molar-refractivity contribution is -0.142. The number of para-hydroxylation sites is 1. The molecule has 0 saturated heterocycles. The molecule has 0 fully saturated rings. The summed E-state index contributed by atoms with van der Waals surface area (Å²) < 4.78 is 0. The molecule has 0 bridgehead atoms. The minimum absolute atomic E-state index is 0.0745. The van der Waals surface area contributed by atoms with E-state index in [0.717, 1.165) is 16.5 Å². The molecule has 0 aliphatic rings. The number of amides is 3. The maximum absolute atomic E-state index is 13.5. The first kappa shape index (κ1) is 32.6. The van der Waals surface area contributed by atoms with Crippen molar-refractivity contribution in [2.75, 3.05) is 18.6 Å². The van der Waals surface area contributed by atoms with Crippen LogP contribution in [0.1, 0.15) is 36.9 Å². The Balaban J connectivity index is 1.71. The second-order valence-electron chi connectivity index (χ2n) is 10.0. The van der Waals surface area contributed by atoms with Gasteiger partial charge in [-0.1, -0.05) is 18.2 Å². The van der Waals surface area contributed by atoms with Gasteiger partial charge >= 0.3 is 5.97 Å². The number of aliphatic carboxylic acids is 1. The predicted molar refractivity (Wildman–Crippen MR) is 162 cm³/mol. The van der Waals surface area contributed by atoms with Gasteiger partial charge in [0.1, 0.15) is 18.1 Å². The number of fused-ring (bicyclic) bond motifs is 1. The van der Waals surface area contributed by atoms with Crippen LogP contribution in [0.3, 0.4) is 0 Å². The summed E-state index contributed by atoms with van der Waals surface area (Å²) in [6.07, 6.45) is 8.62. The highest BCUT2D eigenvalue weighted by Crippen LogP contribution is 2.19. The molecule has 0 spiro atoms. The van der Waals surface area contributed by atoms with E-state index in [9.17, 15) is 24.3 Å². The Morgan fingerprint density at radius 2 is 1.67 bits per heavy atom. The molecule has 3 rings (SSSR count). The van der Waals surface area contributed by atoms with Crippen LogP contribution in [0, 0.1) is 0 Å². The predicted octanol–water partition coefficient (Wildman–Crippen LogP) is 0.425. The number of unbranched alkanes of at least 4 members (excludes halogenated alkanes) is 1. The van der Waals surface area contributed by atoms with Crippen LogP contribution in [-0.4, -0.2) is 86.5 Å². The Bertz CT molecular complexity index is 1310. The molecular formula is C28H40N8O5S. The van der Waals surface area contributed by atoms with Crippen molar-refractivity contribution in [3.05, 3.63) is 54.2 Å². The number of nitrogens with one attached hydrogen (secondary N) is 5. The first-order valence-electron chi connectivity index (χ1n) is 13.8. The Morgan fingerprint density at radius 1 is 0.952 bits per heavy atom. The number of nitrogens with two attached hydrogens (primary N) is 2. The number of aromatic amines is 2. The molecular weight excluding hydrogens is 560 g/mol. The summed E-state index contributed by atoms with van der Waals surface area (Å²) in [5.74, 6) is -2.37. The molecule has 13 nitrogen and oxygen atoms in total. The standard InChI is InChI=1S/C28H40N8O5S/c1-42-11-9-22(26(38)35-23(28(40)41)8-4-5-10-29)34-27(39)24(13-18-15-31-16-33-18)36-25(37)20(30)12-17-14-32-21-7-3-2-6-19(17)21/h2-3,6-7,14-16,20,22-24,32H,4-5,8-13,29-30H2,1H3,(H,31,33)(H,34,39)(H,35,38)(H,36,37)(H,40,41). The van der Waals surface area contributed by atoms with Crippen molar-refractivity contribution in [3.8, 4) is 0 Å². The molecule has 42 heavy (non-hydrogen) atoms. The molecule has 0 aliphatic heterocycles. The van der Waals surface area contributed by atoms with E-state index in [1.54, 1.807) is 0 Å². The lowest BCUT2D eigenvalue weighted by atomic mass is 10.0. The quantitative estimate of drug-likeness (QED) is 0.0947. The number of aromatic nitrogens is 3. The molecule has 0 radical (unpaired) electrons. The monoisotopic (exact) mass is 600 g/mol. The van der Waals surface area contributed by atoms with E-state index >= 15 is 0 Å². The summed E-state index contributed by atoms with van der Waals surface area (Å²) in [6.45, 7) is 0.418. The maximum Gasteiger partial charge on any atom is 0.326 e. The number of benzene rings is 1. The Kier molecular flexibility index (Phi) is 12.8. The number of H-pyrrole nitrogens is 2. The Hall–Kier alpha value is -3.88. The zero-order valence-corrected chi connectivity index (χ0v) is 24.4. The minimum Gasteiger partial charge on any atom is -0.480 e. The number of carbonyl (C=O) groups excluding carboxylic acids is 3. The second kappa shape index (κ2) is 16.5. The normalized spacial score (nSPS) is 14.1. The van der Waals surface area contributed by atoms with Gasteiger partial charge in [-0.05, 0) is 62.3 Å². The lowest BCUT2D eigenvalue weighted by Crippen LogP contribution is -2.58. The highest BCUT2D eigenvalue weighted by molar-refractivity contribution is 7.98. The van der Waals surface area contributed by atoms with Gasteiger partial charge in [-0.3, -0.25) is 14.4 Å². The van der Waals surface area contributed by atoms with Crippen LogP contribution in [0.2, 0.25) is 0 Å². The minimum atomic E-state index is -1.16. The van der Waals surface area contributed by atoms with Gasteiger partial charge in [0.05, 0.1) is 12.4 Å². The molecule has 10 N–H and O–H groups in total. The molecule has 14 heteroatoms. The summed E-state index contributed by atoms with van der Waals surface area (Å²) >= 11 is 1.48. The van der Waals surface area contributed by atoms with E-state index in [-0.39, 0.29) is 25.7 Å². The van der Waals surface area contributed by atoms with Gasteiger partial charge in [0.15, 0.2) is 0 Å². The maximum atomic E-state index is 13.5. The van der Waals surface area contributed by atoms with E-state index in [1.807, 2.05) is 36.7 Å². The number of hydrogen-bond donors (Lipinski definition) is 8. The smallest absolute Gasteiger partial charge is 0.326 e. The van der Waals surface area contributed by atoms with E-state index in [1.165, 1.54) is 24.3 Å². The van der Waals surface area contributed by atoms with Crippen LogP contribution in [0.4, 0.5) is 0 Å². The van der Waals surface area contributed by atoms with Crippen molar-refractivity contribution >= 4 is 46.4 Å². The van der Waals surface area contributed by atoms with Gasteiger partial charge in [0.2, 0.25) is 17.7 Å². The zero-order chi connectivity index (χ0) is 30.5. The fourth-order valence-corrected chi connectivity index (χ4v) is 5.01. The summed E-state index contributed by atoms with van der Waals surface area (Å²) in [5.41, 5.74) is 14.2. The highest BCUT2D eigenvalue weighted by atomic mass is 32.2. The van der Waals surface area contributed by atoms with Crippen molar-refractivity contribution in [3.63, 3.8) is 0 Å². The van der Waals surface area contributed by atoms with Crippen LogP contribution in [0.25, 0.3) is 10.9 Å². The summed E-state index contributed by atoms with van der Waals surface area (Å²) in [7, 11) is 0. The molecule has 228 valence electrons. The third kappa shape index (κ3) is 9.60. The fraction of sp³-hybridized carbons (Fsp3) is 0.464. The number of thioether (sulfide) groups is 1. The number of imidazole rings is 1. The van der Waals surface area contributed by atoms with E-state index in [4.69, 9.17) is 11.5 Å². The molecule has 2 aromatic heterocycles. The van der Waals surface area contributed by atoms with Crippen molar-refractivity contribution in [1.29, 1.82) is 0 Å². The molecule has 0 aliphatic carbocycles. The number of rotatable bonds is 18. The molecule has 4 unspecified atom stereocenters. The number of carboxylic acid groups (broad SMARTS) is 1. The highest BCUT2D eigenvalue weighted by Gasteiger charge is 2.30. The van der Waals surface area contributed by atoms with Crippen LogP contribution in [0.15, 0.2) is 43.0 Å². The summed E-state index contributed by atoms with van der Waals surface area (Å²) in [4.78, 5) is 61.6. The largest absolute Gasteiger partial charge is 0.480 e. The molecule has 3 amide bonds. The zero-order valence-electron chi connectivity index (χ0n) is 23.6. The van der Waals surface area contributed by atoms with E-state index in [2.05, 4.69) is 30.9 Å². The van der Waals surface area contributed by atoms with Gasteiger partial charge in [-0.25, -0.2) is 9.78 Å². The summed E-state index contributed by atoms with van der Waals surface area (Å²) in [6, 6.07) is 3.54. The fourth-order valence-electron chi connectivity index (χ4n) is 4.53. The van der Waals surface area contributed by atoms with Gasteiger partial charge < -0.3 is 42.5 Å². The average Bonchev–Trinajstić information content (AvgIpc) is 3.64. The van der Waals surface area contributed by atoms with Crippen LogP contribution >= 0.6 is 11.8 Å². The van der Waals surface area contributed by atoms with Crippen molar-refractivity contribution < 1.29 is 24.3 Å². The third-order valence-electron chi connectivity index (χ3n) is 6.87. The number of carboxylic acids is 1. The molecule has 4 atom stereocenters. The van der Waals surface area contributed by atoms with Gasteiger partial charge in [0.25, 0.3) is 0 Å². The second-order valence-corrected chi connectivity index (χ2v) is 11.0. The number of carbonyl (C=O) groups is 4. The van der Waals surface area contributed by atoms with Gasteiger partial charge in [-0.15, -0.1) is 0 Å². The van der Waals surface area contributed by atoms with E-state index in [0.29, 0.717) is 30.8 Å².